The zero-order valence-corrected chi connectivity index (χ0v) is 22.1. The summed E-state index contributed by atoms with van der Waals surface area (Å²) in [6, 6.07) is 8.45. The number of nitrogens with zero attached hydrogens (tertiary/aromatic N) is 2. The van der Waals surface area contributed by atoms with E-state index in [1.807, 2.05) is 13.8 Å². The van der Waals surface area contributed by atoms with E-state index in [0.717, 1.165) is 50.4 Å². The van der Waals surface area contributed by atoms with Crippen LogP contribution in [0.5, 0.6) is 0 Å². The second kappa shape index (κ2) is 11.1. The van der Waals surface area contributed by atoms with Gasteiger partial charge in [-0.1, -0.05) is 12.8 Å². The molecule has 1 aromatic rings. The first-order chi connectivity index (χ1) is 17.8. The van der Waals surface area contributed by atoms with Crippen molar-refractivity contribution in [2.24, 2.45) is 17.3 Å². The molecule has 1 amide bonds. The molecule has 5 rings (SSSR count). The highest BCUT2D eigenvalue weighted by Crippen LogP contribution is 2.36. The molecule has 4 atom stereocenters. The van der Waals surface area contributed by atoms with E-state index in [-0.39, 0.29) is 36.2 Å². The maximum absolute atomic E-state index is 12.8. The number of carboxylic acids is 1. The fourth-order valence-electron chi connectivity index (χ4n) is 6.39. The minimum absolute atomic E-state index is 0.00755. The fraction of sp³-hybridized carbons (Fsp3) is 0.704. The van der Waals surface area contributed by atoms with Gasteiger partial charge in [-0.3, -0.25) is 30.5 Å². The lowest BCUT2D eigenvalue weighted by molar-refractivity contribution is -0.150. The predicted molar refractivity (Wildman–Crippen MR) is 144 cm³/mol. The first-order valence-corrected chi connectivity index (χ1v) is 14.0. The van der Waals surface area contributed by atoms with Gasteiger partial charge in [0.15, 0.2) is 0 Å². The highest BCUT2D eigenvalue weighted by atomic mass is 16.4. The molecule has 0 radical (unpaired) electrons. The van der Waals surface area contributed by atoms with Crippen LogP contribution < -0.4 is 31.7 Å². The van der Waals surface area contributed by atoms with Gasteiger partial charge in [0.05, 0.1) is 17.5 Å². The number of carboxylic acid groups (broad SMARTS) is 1. The van der Waals surface area contributed by atoms with Gasteiger partial charge in [0, 0.05) is 50.1 Å². The van der Waals surface area contributed by atoms with E-state index >= 15 is 0 Å². The Balaban J connectivity index is 1.24. The molecular formula is C27H43N7O3. The fourth-order valence-corrected chi connectivity index (χ4v) is 6.39. The molecule has 4 fully saturated rings. The summed E-state index contributed by atoms with van der Waals surface area (Å²) in [5.41, 5.74) is 7.29. The Kier molecular flexibility index (Phi) is 7.90. The largest absolute Gasteiger partial charge is 0.481 e. The van der Waals surface area contributed by atoms with Gasteiger partial charge in [-0.2, -0.15) is 0 Å². The van der Waals surface area contributed by atoms with Crippen molar-refractivity contribution in [1.29, 1.82) is 0 Å². The van der Waals surface area contributed by atoms with Gasteiger partial charge in [-0.15, -0.1) is 0 Å². The van der Waals surface area contributed by atoms with Crippen LogP contribution >= 0.6 is 0 Å². The summed E-state index contributed by atoms with van der Waals surface area (Å²) in [6.45, 7) is 8.21. The van der Waals surface area contributed by atoms with E-state index in [1.165, 1.54) is 25.7 Å². The molecule has 0 bridgehead atoms. The third-order valence-corrected chi connectivity index (χ3v) is 8.97. The van der Waals surface area contributed by atoms with Gasteiger partial charge in [0.1, 0.15) is 6.29 Å². The van der Waals surface area contributed by atoms with Gasteiger partial charge in [-0.25, -0.2) is 5.43 Å². The predicted octanol–water partition coefficient (Wildman–Crippen LogP) is 1.72. The molecule has 4 heterocycles. The Morgan fingerprint density at radius 3 is 2.32 bits per heavy atom. The number of likely N-dealkylation sites (tertiary alicyclic amines) is 1. The van der Waals surface area contributed by atoms with Crippen LogP contribution in [0.1, 0.15) is 52.4 Å². The molecule has 204 valence electrons. The topological polar surface area (TPSA) is 121 Å². The molecule has 10 nitrogen and oxygen atoms in total. The van der Waals surface area contributed by atoms with Crippen LogP contribution in [0.4, 0.5) is 11.4 Å². The van der Waals surface area contributed by atoms with Crippen molar-refractivity contribution in [3.05, 3.63) is 24.3 Å². The second-order valence-corrected chi connectivity index (χ2v) is 11.6. The Morgan fingerprint density at radius 2 is 1.68 bits per heavy atom. The molecule has 6 N–H and O–H groups in total. The van der Waals surface area contributed by atoms with Crippen molar-refractivity contribution >= 4 is 23.3 Å². The van der Waals surface area contributed by atoms with Gasteiger partial charge < -0.3 is 15.3 Å². The zero-order valence-electron chi connectivity index (χ0n) is 22.1. The lowest BCUT2D eigenvalue weighted by Crippen LogP contribution is -2.76. The zero-order chi connectivity index (χ0) is 26.0. The summed E-state index contributed by atoms with van der Waals surface area (Å²) in [4.78, 5) is 29.3. The second-order valence-electron chi connectivity index (χ2n) is 11.6. The number of fused-ring (bicyclic) bond motifs is 1. The first kappa shape index (κ1) is 26.2. The SMILES string of the molecule is CC(C)(C(=O)O)C1CCN(c2ccc(NC3NC(N4CCCCCC4)NC4CNNC(=O)C43)cc2)CC1. The molecule has 1 aromatic carbocycles. The molecule has 4 unspecified atom stereocenters. The number of amides is 1. The van der Waals surface area contributed by atoms with E-state index in [0.29, 0.717) is 6.54 Å². The number of nitrogens with one attached hydrogen (secondary N) is 5. The van der Waals surface area contributed by atoms with E-state index in [9.17, 15) is 14.7 Å². The molecule has 4 saturated heterocycles. The van der Waals surface area contributed by atoms with Crippen molar-refractivity contribution in [2.75, 3.05) is 42.9 Å². The first-order valence-electron chi connectivity index (χ1n) is 14.0. The van der Waals surface area contributed by atoms with E-state index in [4.69, 9.17) is 0 Å². The molecule has 0 saturated carbocycles. The third kappa shape index (κ3) is 5.72. The van der Waals surface area contributed by atoms with Crippen LogP contribution in [-0.2, 0) is 9.59 Å². The number of carbonyl (C=O) groups excluding carboxylic acids is 1. The highest BCUT2D eigenvalue weighted by molar-refractivity contribution is 5.81. The number of rotatable bonds is 6. The van der Waals surface area contributed by atoms with Crippen LogP contribution in [0, 0.1) is 17.3 Å². The number of piperidine rings is 1. The summed E-state index contributed by atoms with van der Waals surface area (Å²) < 4.78 is 0. The number of anilines is 2. The smallest absolute Gasteiger partial charge is 0.309 e. The summed E-state index contributed by atoms with van der Waals surface area (Å²) in [5.74, 6) is -0.766. The van der Waals surface area contributed by atoms with Crippen molar-refractivity contribution in [2.45, 2.75) is 70.9 Å². The van der Waals surface area contributed by atoms with Crippen molar-refractivity contribution in [3.63, 3.8) is 0 Å². The van der Waals surface area contributed by atoms with E-state index < -0.39 is 11.4 Å². The van der Waals surface area contributed by atoms with E-state index in [1.54, 1.807) is 0 Å². The average molecular weight is 514 g/mol. The number of carbonyl (C=O) groups is 2. The minimum Gasteiger partial charge on any atom is -0.481 e. The Bertz CT molecular complexity index is 940. The summed E-state index contributed by atoms with van der Waals surface area (Å²) in [6.07, 6.45) is 6.56. The Labute approximate surface area is 219 Å². The molecule has 0 aromatic heterocycles. The van der Waals surface area contributed by atoms with E-state index in [2.05, 4.69) is 60.9 Å². The minimum atomic E-state index is -0.712. The van der Waals surface area contributed by atoms with Gasteiger partial charge >= 0.3 is 5.97 Å². The number of hydrazine groups is 1. The van der Waals surface area contributed by atoms with Crippen molar-refractivity contribution in [1.82, 2.24) is 26.4 Å². The average Bonchev–Trinajstić information content (AvgIpc) is 3.19. The van der Waals surface area contributed by atoms with Crippen LogP contribution in [0.2, 0.25) is 0 Å². The lowest BCUT2D eigenvalue weighted by Gasteiger charge is -2.48. The quantitative estimate of drug-likeness (QED) is 0.338. The number of aliphatic carboxylic acids is 1. The van der Waals surface area contributed by atoms with Crippen molar-refractivity contribution < 1.29 is 14.7 Å². The highest BCUT2D eigenvalue weighted by Gasteiger charge is 2.45. The Morgan fingerprint density at radius 1 is 1.00 bits per heavy atom. The van der Waals surface area contributed by atoms with Gasteiger partial charge in [0.2, 0.25) is 5.91 Å². The molecule has 0 spiro atoms. The number of hydrogen-bond acceptors (Lipinski definition) is 8. The summed E-state index contributed by atoms with van der Waals surface area (Å²) in [5, 5.41) is 20.6. The molecule has 4 aliphatic heterocycles. The monoisotopic (exact) mass is 513 g/mol. The molecule has 37 heavy (non-hydrogen) atoms. The summed E-state index contributed by atoms with van der Waals surface area (Å²) in [7, 11) is 0. The molecule has 4 aliphatic rings. The maximum atomic E-state index is 12.8. The molecular weight excluding hydrogens is 470 g/mol. The maximum Gasteiger partial charge on any atom is 0.309 e. The van der Waals surface area contributed by atoms with Crippen LogP contribution in [-0.4, -0.2) is 73.1 Å². The van der Waals surface area contributed by atoms with Crippen LogP contribution in [0.25, 0.3) is 0 Å². The summed E-state index contributed by atoms with van der Waals surface area (Å²) >= 11 is 0. The molecule has 10 heteroatoms. The Hall–Kier alpha value is -2.40. The standard InChI is InChI=1S/C27H43N7O3/c1-27(2,25(36)37)18-11-15-33(16-12-18)20-9-7-19(8-10-20)29-23-22-21(17-28-32-24(22)35)30-26(31-23)34-13-5-3-4-6-14-34/h7-10,18,21-23,26,28-31H,3-6,11-17H2,1-2H3,(H,32,35)(H,36,37). The van der Waals surface area contributed by atoms with Gasteiger partial charge in [-0.05, 0) is 69.7 Å². The van der Waals surface area contributed by atoms with Gasteiger partial charge in [0.25, 0.3) is 0 Å². The lowest BCUT2D eigenvalue weighted by atomic mass is 9.73. The normalized spacial score (nSPS) is 30.2. The van der Waals surface area contributed by atoms with Crippen LogP contribution in [0.15, 0.2) is 24.3 Å². The third-order valence-electron chi connectivity index (χ3n) is 8.97. The number of hydrogen-bond donors (Lipinski definition) is 6. The molecule has 0 aliphatic carbocycles. The van der Waals surface area contributed by atoms with Crippen LogP contribution in [0.3, 0.4) is 0 Å². The van der Waals surface area contributed by atoms with Crippen molar-refractivity contribution in [3.8, 4) is 0 Å². The number of benzene rings is 1.